The summed E-state index contributed by atoms with van der Waals surface area (Å²) < 4.78 is 0.959. The minimum Gasteiger partial charge on any atom is -0.478 e. The number of allylic oxidation sites excluding steroid dienone is 2. The first kappa shape index (κ1) is 16.8. The maximum atomic E-state index is 11.7. The fraction of sp³-hybridized carbons (Fsp3) is 0.211. The number of halogens is 1. The average Bonchev–Trinajstić information content (AvgIpc) is 3.10. The van der Waals surface area contributed by atoms with Gasteiger partial charge in [-0.05, 0) is 36.1 Å². The number of rotatable bonds is 3. The highest BCUT2D eigenvalue weighted by Gasteiger charge is 2.43. The van der Waals surface area contributed by atoms with E-state index in [0.29, 0.717) is 11.3 Å². The third-order valence-electron chi connectivity index (χ3n) is 5.15. The third-order valence-corrected chi connectivity index (χ3v) is 5.68. The van der Waals surface area contributed by atoms with Gasteiger partial charge in [0.1, 0.15) is 0 Å². The minimum atomic E-state index is -1.10. The summed E-state index contributed by atoms with van der Waals surface area (Å²) in [7, 11) is 0. The van der Waals surface area contributed by atoms with Crippen molar-refractivity contribution < 1.29 is 14.8 Å². The number of nitro benzene ring substituents is 1. The predicted molar refractivity (Wildman–Crippen MR) is 101 cm³/mol. The lowest BCUT2D eigenvalue weighted by Crippen LogP contribution is -2.31. The number of nitrogens with one attached hydrogen (secondary N) is 1. The van der Waals surface area contributed by atoms with Crippen molar-refractivity contribution in [2.75, 3.05) is 5.32 Å². The van der Waals surface area contributed by atoms with E-state index >= 15 is 0 Å². The van der Waals surface area contributed by atoms with Crippen LogP contribution in [-0.4, -0.2) is 16.0 Å². The Balaban J connectivity index is 1.91. The van der Waals surface area contributed by atoms with Gasteiger partial charge in [-0.1, -0.05) is 40.2 Å². The van der Waals surface area contributed by atoms with Crippen molar-refractivity contribution in [1.29, 1.82) is 0 Å². The number of carbonyl (C=O) groups is 1. The van der Waals surface area contributed by atoms with E-state index in [1.807, 2.05) is 36.4 Å². The van der Waals surface area contributed by atoms with Crippen LogP contribution in [0.1, 0.15) is 39.9 Å². The van der Waals surface area contributed by atoms with Crippen LogP contribution >= 0.6 is 15.9 Å². The molecule has 0 saturated carbocycles. The Morgan fingerprint density at radius 2 is 1.96 bits per heavy atom. The highest BCUT2D eigenvalue weighted by Crippen LogP contribution is 2.53. The van der Waals surface area contributed by atoms with Gasteiger partial charge in [0.05, 0.1) is 27.8 Å². The van der Waals surface area contributed by atoms with E-state index in [9.17, 15) is 20.0 Å². The number of carboxylic acid groups (broad SMARTS) is 1. The van der Waals surface area contributed by atoms with Gasteiger partial charge in [-0.15, -0.1) is 0 Å². The second kappa shape index (κ2) is 6.25. The van der Waals surface area contributed by atoms with E-state index in [0.717, 1.165) is 16.5 Å². The standard InChI is InChI=1S/C19H15BrN2O4/c20-11-6-4-10(5-7-11)17-13-3-1-2-12(13)16-15(22(25)26)9-8-14(19(23)24)18(16)21-17/h1-2,4-9,12-13,17,21H,3H2,(H,23,24)/t12-,13+,17-/m0/s1. The molecular weight excluding hydrogens is 400 g/mol. The van der Waals surface area contributed by atoms with Crippen LogP contribution in [0.5, 0.6) is 0 Å². The van der Waals surface area contributed by atoms with Gasteiger partial charge >= 0.3 is 5.97 Å². The highest BCUT2D eigenvalue weighted by atomic mass is 79.9. The molecular formula is C19H15BrN2O4. The molecule has 26 heavy (non-hydrogen) atoms. The first-order valence-corrected chi connectivity index (χ1v) is 9.00. The highest BCUT2D eigenvalue weighted by molar-refractivity contribution is 9.10. The zero-order valence-corrected chi connectivity index (χ0v) is 15.1. The molecule has 2 aromatic rings. The first-order valence-electron chi connectivity index (χ1n) is 8.20. The van der Waals surface area contributed by atoms with Crippen molar-refractivity contribution in [2.45, 2.75) is 18.4 Å². The van der Waals surface area contributed by atoms with Crippen molar-refractivity contribution in [1.82, 2.24) is 0 Å². The van der Waals surface area contributed by atoms with Gasteiger partial charge in [0.15, 0.2) is 0 Å². The van der Waals surface area contributed by atoms with Gasteiger partial charge in [0.2, 0.25) is 0 Å². The topological polar surface area (TPSA) is 92.5 Å². The molecule has 0 bridgehead atoms. The van der Waals surface area contributed by atoms with Crippen LogP contribution in [-0.2, 0) is 0 Å². The quantitative estimate of drug-likeness (QED) is 0.424. The molecule has 0 aromatic heterocycles. The summed E-state index contributed by atoms with van der Waals surface area (Å²) in [6.45, 7) is 0. The van der Waals surface area contributed by atoms with E-state index in [4.69, 9.17) is 0 Å². The largest absolute Gasteiger partial charge is 0.478 e. The summed E-state index contributed by atoms with van der Waals surface area (Å²) >= 11 is 3.42. The molecule has 132 valence electrons. The molecule has 6 nitrogen and oxygen atoms in total. The van der Waals surface area contributed by atoms with E-state index in [-0.39, 0.29) is 29.1 Å². The summed E-state index contributed by atoms with van der Waals surface area (Å²) in [5, 5.41) is 24.4. The Labute approximate surface area is 157 Å². The van der Waals surface area contributed by atoms with Crippen molar-refractivity contribution in [3.05, 3.63) is 79.8 Å². The Kier molecular flexibility index (Phi) is 4.03. The van der Waals surface area contributed by atoms with Gasteiger partial charge in [-0.3, -0.25) is 10.1 Å². The fourth-order valence-corrected chi connectivity index (χ4v) is 4.29. The number of aromatic carboxylic acids is 1. The molecule has 0 spiro atoms. The molecule has 0 radical (unpaired) electrons. The van der Waals surface area contributed by atoms with Crippen molar-refractivity contribution in [3.8, 4) is 0 Å². The monoisotopic (exact) mass is 414 g/mol. The molecule has 2 aliphatic rings. The molecule has 7 heteroatoms. The summed E-state index contributed by atoms with van der Waals surface area (Å²) in [6.07, 6.45) is 4.77. The van der Waals surface area contributed by atoms with Gasteiger partial charge in [-0.2, -0.15) is 0 Å². The maximum Gasteiger partial charge on any atom is 0.337 e. The Morgan fingerprint density at radius 1 is 1.23 bits per heavy atom. The average molecular weight is 415 g/mol. The zero-order chi connectivity index (χ0) is 18.4. The van der Waals surface area contributed by atoms with Crippen LogP contribution < -0.4 is 5.32 Å². The SMILES string of the molecule is O=C(O)c1ccc([N+](=O)[O-])c2c1N[C@@H](c1ccc(Br)cc1)[C@@H]1CC=C[C@H]21. The lowest BCUT2D eigenvalue weighted by Gasteiger charge is -2.37. The maximum absolute atomic E-state index is 11.7. The zero-order valence-electron chi connectivity index (χ0n) is 13.6. The molecule has 2 N–H and O–H groups in total. The number of anilines is 1. The Bertz CT molecular complexity index is 939. The van der Waals surface area contributed by atoms with E-state index < -0.39 is 10.9 Å². The third kappa shape index (κ3) is 2.59. The number of nitro groups is 1. The summed E-state index contributed by atoms with van der Waals surface area (Å²) in [6, 6.07) is 10.3. The minimum absolute atomic E-state index is 0.0340. The molecule has 1 aliphatic heterocycles. The normalized spacial score (nSPS) is 23.0. The number of nitrogens with zero attached hydrogens (tertiary/aromatic N) is 1. The Morgan fingerprint density at radius 3 is 2.62 bits per heavy atom. The summed E-state index contributed by atoms with van der Waals surface area (Å²) in [5.41, 5.74) is 1.88. The number of benzene rings is 2. The van der Waals surface area contributed by atoms with Gasteiger partial charge in [0.25, 0.3) is 5.69 Å². The van der Waals surface area contributed by atoms with Crippen LogP contribution in [0, 0.1) is 16.0 Å². The van der Waals surface area contributed by atoms with Crippen molar-refractivity contribution in [2.24, 2.45) is 5.92 Å². The molecule has 0 unspecified atom stereocenters. The molecule has 0 fully saturated rings. The Hall–Kier alpha value is -2.67. The lowest BCUT2D eigenvalue weighted by atomic mass is 9.75. The molecule has 0 saturated heterocycles. The second-order valence-corrected chi connectivity index (χ2v) is 7.43. The van der Waals surface area contributed by atoms with Gasteiger partial charge in [0, 0.05) is 16.5 Å². The van der Waals surface area contributed by atoms with E-state index in [1.54, 1.807) is 0 Å². The summed E-state index contributed by atoms with van der Waals surface area (Å²) in [5.74, 6) is -1.18. The molecule has 4 rings (SSSR count). The fourth-order valence-electron chi connectivity index (χ4n) is 4.03. The van der Waals surface area contributed by atoms with Crippen LogP contribution in [0.2, 0.25) is 0 Å². The van der Waals surface area contributed by atoms with E-state index in [2.05, 4.69) is 21.2 Å². The molecule has 1 heterocycles. The van der Waals surface area contributed by atoms with Crippen LogP contribution in [0.3, 0.4) is 0 Å². The predicted octanol–water partition coefficient (Wildman–Crippen LogP) is 4.88. The van der Waals surface area contributed by atoms with Crippen LogP contribution in [0.25, 0.3) is 0 Å². The number of carboxylic acids is 1. The smallest absolute Gasteiger partial charge is 0.337 e. The van der Waals surface area contributed by atoms with Crippen molar-refractivity contribution in [3.63, 3.8) is 0 Å². The molecule has 2 aromatic carbocycles. The van der Waals surface area contributed by atoms with Crippen LogP contribution in [0.15, 0.2) is 53.0 Å². The molecule has 3 atom stereocenters. The van der Waals surface area contributed by atoms with Crippen LogP contribution in [0.4, 0.5) is 11.4 Å². The molecule has 0 amide bonds. The summed E-state index contributed by atoms with van der Waals surface area (Å²) in [4.78, 5) is 22.8. The number of fused-ring (bicyclic) bond motifs is 3. The lowest BCUT2D eigenvalue weighted by molar-refractivity contribution is -0.385. The van der Waals surface area contributed by atoms with Gasteiger partial charge in [-0.25, -0.2) is 4.79 Å². The van der Waals surface area contributed by atoms with Gasteiger partial charge < -0.3 is 10.4 Å². The first-order chi connectivity index (χ1) is 12.5. The van der Waals surface area contributed by atoms with Crippen molar-refractivity contribution >= 4 is 33.3 Å². The molecule has 1 aliphatic carbocycles. The number of hydrogen-bond donors (Lipinski definition) is 2. The number of hydrogen-bond acceptors (Lipinski definition) is 4. The second-order valence-electron chi connectivity index (χ2n) is 6.51. The van der Waals surface area contributed by atoms with E-state index in [1.165, 1.54) is 12.1 Å².